The van der Waals surface area contributed by atoms with Gasteiger partial charge in [-0.1, -0.05) is 53.7 Å². The number of aromatic nitrogens is 2. The molecule has 2 aliphatic heterocycles. The van der Waals surface area contributed by atoms with Crippen molar-refractivity contribution in [2.45, 2.75) is 37.4 Å². The summed E-state index contributed by atoms with van der Waals surface area (Å²) in [5.74, 6) is 1.15. The molecular formula is C30H33ClFN5O2S. The number of anilines is 1. The highest BCUT2D eigenvalue weighted by molar-refractivity contribution is 7.99. The van der Waals surface area contributed by atoms with Gasteiger partial charge in [0.2, 0.25) is 5.91 Å². The molecule has 1 atom stereocenters. The number of hydrogen-bond acceptors (Lipinski definition) is 6. The Hall–Kier alpha value is -3.17. The third-order valence-corrected chi connectivity index (χ3v) is 8.65. The largest absolute Gasteiger partial charge is 0.353 e. The molecule has 3 aromatic rings. The van der Waals surface area contributed by atoms with Gasteiger partial charge >= 0.3 is 0 Å². The van der Waals surface area contributed by atoms with Gasteiger partial charge in [0.1, 0.15) is 16.8 Å². The molecule has 3 heterocycles. The molecule has 210 valence electrons. The van der Waals surface area contributed by atoms with E-state index in [1.807, 2.05) is 17.9 Å². The topological polar surface area (TPSA) is 69.6 Å². The van der Waals surface area contributed by atoms with Crippen LogP contribution in [0.2, 0.25) is 5.15 Å². The van der Waals surface area contributed by atoms with E-state index in [9.17, 15) is 14.0 Å². The fourth-order valence-electron chi connectivity index (χ4n) is 5.39. The molecule has 2 aliphatic rings. The predicted octanol–water partition coefficient (Wildman–Crippen LogP) is 5.19. The van der Waals surface area contributed by atoms with E-state index < -0.39 is 0 Å². The summed E-state index contributed by atoms with van der Waals surface area (Å²) in [6.45, 7) is 5.18. The van der Waals surface area contributed by atoms with Crippen molar-refractivity contribution in [2.75, 3.05) is 43.4 Å². The van der Waals surface area contributed by atoms with E-state index in [1.54, 1.807) is 11.0 Å². The Balaban J connectivity index is 1.13. The SMILES string of the molecule is CC1CN(c2cc(Cl)nc(SCC(=O)N3CCC(Cc4ccccc4)CC3)n2)CCN1C(=O)c1ccc(F)cc1. The molecular weight excluding hydrogens is 549 g/mol. The normalized spacial score (nSPS) is 18.2. The minimum absolute atomic E-state index is 0.0810. The Bertz CT molecular complexity index is 1320. The molecule has 7 nitrogen and oxygen atoms in total. The molecule has 40 heavy (non-hydrogen) atoms. The number of piperazine rings is 1. The summed E-state index contributed by atoms with van der Waals surface area (Å²) in [6.07, 6.45) is 3.08. The molecule has 0 radical (unpaired) electrons. The maximum atomic E-state index is 13.3. The summed E-state index contributed by atoms with van der Waals surface area (Å²) < 4.78 is 13.3. The van der Waals surface area contributed by atoms with Crippen LogP contribution in [0.4, 0.5) is 10.2 Å². The highest BCUT2D eigenvalue weighted by Gasteiger charge is 2.29. The van der Waals surface area contributed by atoms with Gasteiger partial charge in [0, 0.05) is 50.4 Å². The predicted molar refractivity (Wildman–Crippen MR) is 156 cm³/mol. The Morgan fingerprint density at radius 1 is 1.00 bits per heavy atom. The molecule has 1 aromatic heterocycles. The molecule has 0 aliphatic carbocycles. The molecule has 0 bridgehead atoms. The summed E-state index contributed by atoms with van der Waals surface area (Å²) in [4.78, 5) is 40.7. The van der Waals surface area contributed by atoms with Crippen LogP contribution in [0, 0.1) is 11.7 Å². The van der Waals surface area contributed by atoms with Gasteiger partial charge in [-0.15, -0.1) is 0 Å². The van der Waals surface area contributed by atoms with Crippen molar-refractivity contribution in [3.05, 3.63) is 82.8 Å². The lowest BCUT2D eigenvalue weighted by Crippen LogP contribution is -2.54. The second-order valence-electron chi connectivity index (χ2n) is 10.4. The van der Waals surface area contributed by atoms with Gasteiger partial charge in [0.15, 0.2) is 5.16 Å². The van der Waals surface area contributed by atoms with Crippen LogP contribution in [0.15, 0.2) is 65.8 Å². The molecule has 0 spiro atoms. The lowest BCUT2D eigenvalue weighted by Gasteiger charge is -2.40. The van der Waals surface area contributed by atoms with Gasteiger partial charge in [0.05, 0.1) is 5.75 Å². The van der Waals surface area contributed by atoms with Gasteiger partial charge in [-0.3, -0.25) is 9.59 Å². The number of amides is 2. The highest BCUT2D eigenvalue weighted by atomic mass is 35.5. The Kier molecular flexibility index (Phi) is 9.22. The number of rotatable bonds is 7. The third kappa shape index (κ3) is 7.12. The van der Waals surface area contributed by atoms with Crippen LogP contribution in [-0.4, -0.2) is 76.1 Å². The van der Waals surface area contributed by atoms with Crippen LogP contribution in [0.25, 0.3) is 0 Å². The van der Waals surface area contributed by atoms with Crippen molar-refractivity contribution in [3.8, 4) is 0 Å². The summed E-state index contributed by atoms with van der Waals surface area (Å²) in [7, 11) is 0. The molecule has 0 saturated carbocycles. The number of halogens is 2. The van der Waals surface area contributed by atoms with Crippen LogP contribution < -0.4 is 4.90 Å². The first kappa shape index (κ1) is 28.4. The van der Waals surface area contributed by atoms with Gasteiger partial charge in [0.25, 0.3) is 5.91 Å². The van der Waals surface area contributed by atoms with Crippen molar-refractivity contribution in [1.29, 1.82) is 0 Å². The van der Waals surface area contributed by atoms with Gasteiger partial charge < -0.3 is 14.7 Å². The third-order valence-electron chi connectivity index (χ3n) is 7.62. The van der Waals surface area contributed by atoms with E-state index in [4.69, 9.17) is 11.6 Å². The maximum absolute atomic E-state index is 13.3. The number of carbonyl (C=O) groups is 2. The zero-order valence-electron chi connectivity index (χ0n) is 22.5. The zero-order valence-corrected chi connectivity index (χ0v) is 24.1. The molecule has 1 unspecified atom stereocenters. The number of likely N-dealkylation sites (tertiary alicyclic amines) is 1. The van der Waals surface area contributed by atoms with Crippen LogP contribution in [-0.2, 0) is 11.2 Å². The first-order valence-corrected chi connectivity index (χ1v) is 15.0. The number of piperidine rings is 1. The molecule has 10 heteroatoms. The Morgan fingerprint density at radius 3 is 2.42 bits per heavy atom. The second kappa shape index (κ2) is 13.0. The number of thioether (sulfide) groups is 1. The Labute approximate surface area is 243 Å². The van der Waals surface area contributed by atoms with Gasteiger partial charge in [-0.05, 0) is 61.9 Å². The molecule has 5 rings (SSSR count). The fourth-order valence-corrected chi connectivity index (χ4v) is 6.37. The number of hydrogen-bond donors (Lipinski definition) is 0. The summed E-state index contributed by atoms with van der Waals surface area (Å²) in [5, 5.41) is 0.784. The quantitative estimate of drug-likeness (QED) is 0.217. The number of carbonyl (C=O) groups excluding carboxylic acids is 2. The zero-order chi connectivity index (χ0) is 28.1. The average Bonchev–Trinajstić information content (AvgIpc) is 2.96. The van der Waals surface area contributed by atoms with Crippen molar-refractivity contribution >= 4 is 41.0 Å². The minimum atomic E-state index is -0.367. The van der Waals surface area contributed by atoms with Crippen LogP contribution in [0.3, 0.4) is 0 Å². The number of nitrogens with zero attached hydrogens (tertiary/aromatic N) is 5. The van der Waals surface area contributed by atoms with Crippen molar-refractivity contribution in [2.24, 2.45) is 5.92 Å². The molecule has 2 saturated heterocycles. The highest BCUT2D eigenvalue weighted by Crippen LogP contribution is 2.26. The van der Waals surface area contributed by atoms with Crippen molar-refractivity contribution in [1.82, 2.24) is 19.8 Å². The summed E-state index contributed by atoms with van der Waals surface area (Å²) in [5.41, 5.74) is 1.82. The van der Waals surface area contributed by atoms with E-state index in [0.717, 1.165) is 32.4 Å². The Morgan fingerprint density at radius 2 is 1.73 bits per heavy atom. The van der Waals surface area contributed by atoms with E-state index in [0.29, 0.717) is 47.2 Å². The second-order valence-corrected chi connectivity index (χ2v) is 11.8. The standard InChI is InChI=1S/C30H33ClFN5O2S/c1-21-19-36(15-16-37(21)29(39)24-7-9-25(32)10-8-24)27-18-26(31)33-30(34-27)40-20-28(38)35-13-11-23(12-14-35)17-22-5-3-2-4-6-22/h2-10,18,21,23H,11-17,19-20H2,1H3. The monoisotopic (exact) mass is 581 g/mol. The van der Waals surface area contributed by atoms with Gasteiger partial charge in [-0.2, -0.15) is 0 Å². The smallest absolute Gasteiger partial charge is 0.254 e. The lowest BCUT2D eigenvalue weighted by atomic mass is 9.90. The first-order chi connectivity index (χ1) is 19.4. The van der Waals surface area contributed by atoms with Crippen LogP contribution in [0.1, 0.15) is 35.7 Å². The first-order valence-electron chi connectivity index (χ1n) is 13.7. The van der Waals surface area contributed by atoms with E-state index in [-0.39, 0.29) is 29.4 Å². The summed E-state index contributed by atoms with van der Waals surface area (Å²) >= 11 is 7.65. The minimum Gasteiger partial charge on any atom is -0.353 e. The van der Waals surface area contributed by atoms with Crippen LogP contribution >= 0.6 is 23.4 Å². The lowest BCUT2D eigenvalue weighted by molar-refractivity contribution is -0.129. The molecule has 2 amide bonds. The fraction of sp³-hybridized carbons (Fsp3) is 0.400. The summed E-state index contributed by atoms with van der Waals surface area (Å²) in [6, 6.07) is 17.8. The van der Waals surface area contributed by atoms with Gasteiger partial charge in [-0.25, -0.2) is 14.4 Å². The van der Waals surface area contributed by atoms with E-state index in [2.05, 4.69) is 39.1 Å². The maximum Gasteiger partial charge on any atom is 0.254 e. The number of benzene rings is 2. The van der Waals surface area contributed by atoms with Crippen molar-refractivity contribution in [3.63, 3.8) is 0 Å². The van der Waals surface area contributed by atoms with Crippen molar-refractivity contribution < 1.29 is 14.0 Å². The molecule has 2 aromatic carbocycles. The molecule has 2 fully saturated rings. The van der Waals surface area contributed by atoms with E-state index >= 15 is 0 Å². The van der Waals surface area contributed by atoms with E-state index in [1.165, 1.54) is 41.6 Å². The average molecular weight is 582 g/mol. The molecule has 0 N–H and O–H groups in total. The van der Waals surface area contributed by atoms with Crippen LogP contribution in [0.5, 0.6) is 0 Å².